The quantitative estimate of drug-likeness (QED) is 0.719. The highest BCUT2D eigenvalue weighted by molar-refractivity contribution is 6.10. The van der Waals surface area contributed by atoms with E-state index in [0.717, 1.165) is 6.07 Å². The number of hydrogen-bond donors (Lipinski definition) is 3. The number of carbonyl (C=O) groups excluding carboxylic acids is 1. The second-order valence-electron chi connectivity index (χ2n) is 3.94. The molecule has 2 aromatic rings. The highest BCUT2D eigenvalue weighted by Gasteiger charge is 2.20. The van der Waals surface area contributed by atoms with Gasteiger partial charge in [-0.15, -0.1) is 0 Å². The van der Waals surface area contributed by atoms with E-state index in [0.29, 0.717) is 5.39 Å². The molecule has 4 N–H and O–H groups in total. The summed E-state index contributed by atoms with van der Waals surface area (Å²) in [6.07, 6.45) is 0. The molecule has 0 spiro atoms. The van der Waals surface area contributed by atoms with Crippen molar-refractivity contribution >= 4 is 28.7 Å². The van der Waals surface area contributed by atoms with Gasteiger partial charge in [0.2, 0.25) is 0 Å². The lowest BCUT2D eigenvalue weighted by atomic mass is 9.97. The van der Waals surface area contributed by atoms with E-state index in [1.165, 1.54) is 18.2 Å². The monoisotopic (exact) mass is 275 g/mol. The molecule has 0 amide bonds. The zero-order valence-electron chi connectivity index (χ0n) is 9.99. The molecule has 0 atom stereocenters. The molecule has 0 aliphatic rings. The standard InChI is InChI=1S/C13H9NO6/c14-20-13(19)10-5-8-6(4-9(10)12(17)18)2-1-3-7(8)11(15)16/h1-5H,14H2,(H,15,16)(H,17,18). The van der Waals surface area contributed by atoms with Crippen LogP contribution in [0.25, 0.3) is 10.8 Å². The Labute approximate surface area is 112 Å². The molecule has 0 unspecified atom stereocenters. The lowest BCUT2D eigenvalue weighted by Gasteiger charge is -2.08. The van der Waals surface area contributed by atoms with E-state index in [2.05, 4.69) is 4.84 Å². The van der Waals surface area contributed by atoms with Gasteiger partial charge in [-0.05, 0) is 29.0 Å². The minimum atomic E-state index is -1.34. The van der Waals surface area contributed by atoms with Crippen molar-refractivity contribution in [2.45, 2.75) is 0 Å². The van der Waals surface area contributed by atoms with E-state index in [4.69, 9.17) is 16.1 Å². The lowest BCUT2D eigenvalue weighted by molar-refractivity contribution is 0.0493. The smallest absolute Gasteiger partial charge is 0.357 e. The lowest BCUT2D eigenvalue weighted by Crippen LogP contribution is -2.15. The van der Waals surface area contributed by atoms with Crippen molar-refractivity contribution in [3.8, 4) is 0 Å². The molecule has 102 valence electrons. The predicted molar refractivity (Wildman–Crippen MR) is 67.5 cm³/mol. The largest absolute Gasteiger partial charge is 0.478 e. The number of nitrogens with two attached hydrogens (primary N) is 1. The first-order valence-electron chi connectivity index (χ1n) is 5.40. The summed E-state index contributed by atoms with van der Waals surface area (Å²) in [5.74, 6) is 1.18. The van der Waals surface area contributed by atoms with Crippen LogP contribution in [0.3, 0.4) is 0 Å². The Morgan fingerprint density at radius 1 is 0.950 bits per heavy atom. The molecule has 0 saturated carbocycles. The molecule has 0 aliphatic carbocycles. The fourth-order valence-corrected chi connectivity index (χ4v) is 1.92. The van der Waals surface area contributed by atoms with Gasteiger partial charge in [-0.2, -0.15) is 5.90 Å². The number of hydrogen-bond acceptors (Lipinski definition) is 5. The van der Waals surface area contributed by atoms with E-state index in [1.807, 2.05) is 0 Å². The van der Waals surface area contributed by atoms with Crippen molar-refractivity contribution in [3.05, 3.63) is 47.0 Å². The summed E-state index contributed by atoms with van der Waals surface area (Å²) >= 11 is 0. The van der Waals surface area contributed by atoms with Crippen LogP contribution in [0.5, 0.6) is 0 Å². The Bertz CT molecular complexity index is 737. The summed E-state index contributed by atoms with van der Waals surface area (Å²) in [7, 11) is 0. The number of rotatable bonds is 3. The second kappa shape index (κ2) is 4.98. The van der Waals surface area contributed by atoms with Crippen molar-refractivity contribution in [1.82, 2.24) is 0 Å². The van der Waals surface area contributed by atoms with Gasteiger partial charge in [0, 0.05) is 0 Å². The van der Waals surface area contributed by atoms with Crippen LogP contribution in [-0.2, 0) is 4.84 Å². The van der Waals surface area contributed by atoms with Crippen molar-refractivity contribution < 1.29 is 29.4 Å². The summed E-state index contributed by atoms with van der Waals surface area (Å²) in [6, 6.07) is 6.74. The van der Waals surface area contributed by atoms with Crippen LogP contribution in [0.2, 0.25) is 0 Å². The molecular weight excluding hydrogens is 266 g/mol. The molecule has 0 aromatic heterocycles. The topological polar surface area (TPSA) is 127 Å². The minimum Gasteiger partial charge on any atom is -0.478 e. The molecule has 0 aliphatic heterocycles. The van der Waals surface area contributed by atoms with Gasteiger partial charge >= 0.3 is 17.9 Å². The maximum atomic E-state index is 11.5. The molecule has 7 heteroatoms. The number of fused-ring (bicyclic) bond motifs is 1. The second-order valence-corrected chi connectivity index (χ2v) is 3.94. The van der Waals surface area contributed by atoms with Gasteiger partial charge in [-0.1, -0.05) is 12.1 Å². The summed E-state index contributed by atoms with van der Waals surface area (Å²) in [6.45, 7) is 0. The van der Waals surface area contributed by atoms with Gasteiger partial charge in [-0.3, -0.25) is 0 Å². The first-order chi connectivity index (χ1) is 9.45. The van der Waals surface area contributed by atoms with E-state index >= 15 is 0 Å². The molecule has 7 nitrogen and oxygen atoms in total. The summed E-state index contributed by atoms with van der Waals surface area (Å²) in [5, 5.41) is 18.8. The molecule has 0 bridgehead atoms. The van der Waals surface area contributed by atoms with Crippen LogP contribution < -0.4 is 5.90 Å². The van der Waals surface area contributed by atoms with Gasteiger partial charge in [0.15, 0.2) is 0 Å². The third kappa shape index (κ3) is 2.17. The van der Waals surface area contributed by atoms with Crippen LogP contribution in [0.15, 0.2) is 30.3 Å². The first-order valence-corrected chi connectivity index (χ1v) is 5.40. The molecular formula is C13H9NO6. The normalized spacial score (nSPS) is 10.2. The highest BCUT2D eigenvalue weighted by Crippen LogP contribution is 2.24. The van der Waals surface area contributed by atoms with Crippen LogP contribution in [0.4, 0.5) is 0 Å². The zero-order valence-corrected chi connectivity index (χ0v) is 9.99. The summed E-state index contributed by atoms with van der Waals surface area (Å²) in [4.78, 5) is 37.8. The Balaban J connectivity index is 2.86. The van der Waals surface area contributed by atoms with Crippen molar-refractivity contribution in [2.75, 3.05) is 0 Å². The maximum Gasteiger partial charge on any atom is 0.357 e. The number of aromatic carboxylic acids is 2. The van der Waals surface area contributed by atoms with Gasteiger partial charge in [0.05, 0.1) is 16.7 Å². The van der Waals surface area contributed by atoms with E-state index in [1.54, 1.807) is 6.07 Å². The van der Waals surface area contributed by atoms with Crippen molar-refractivity contribution in [2.24, 2.45) is 5.90 Å². The maximum absolute atomic E-state index is 11.5. The van der Waals surface area contributed by atoms with E-state index in [9.17, 15) is 14.4 Å². The highest BCUT2D eigenvalue weighted by atomic mass is 16.7. The Morgan fingerprint density at radius 3 is 2.15 bits per heavy atom. The molecule has 0 saturated heterocycles. The Hall–Kier alpha value is -2.93. The fourth-order valence-electron chi connectivity index (χ4n) is 1.92. The minimum absolute atomic E-state index is 0.0505. The number of carboxylic acids is 2. The average molecular weight is 275 g/mol. The predicted octanol–water partition coefficient (Wildman–Crippen LogP) is 1.27. The fraction of sp³-hybridized carbons (Fsp3) is 0. The third-order valence-corrected chi connectivity index (χ3v) is 2.81. The van der Waals surface area contributed by atoms with Gasteiger partial charge in [0.25, 0.3) is 0 Å². The molecule has 20 heavy (non-hydrogen) atoms. The Kier molecular flexibility index (Phi) is 3.36. The summed E-state index contributed by atoms with van der Waals surface area (Å²) in [5.41, 5.74) is -0.665. The first kappa shape index (κ1) is 13.5. The van der Waals surface area contributed by atoms with Crippen molar-refractivity contribution in [3.63, 3.8) is 0 Å². The Morgan fingerprint density at radius 2 is 1.60 bits per heavy atom. The number of carbonyl (C=O) groups is 3. The zero-order chi connectivity index (χ0) is 14.9. The van der Waals surface area contributed by atoms with Crippen molar-refractivity contribution in [1.29, 1.82) is 0 Å². The van der Waals surface area contributed by atoms with E-state index in [-0.39, 0.29) is 22.1 Å². The average Bonchev–Trinajstić information content (AvgIpc) is 2.43. The molecule has 2 aromatic carbocycles. The molecule has 0 radical (unpaired) electrons. The number of carboxylic acid groups (broad SMARTS) is 2. The molecule has 0 fully saturated rings. The van der Waals surface area contributed by atoms with Crippen LogP contribution in [0.1, 0.15) is 31.1 Å². The van der Waals surface area contributed by atoms with Crippen LogP contribution in [0, 0.1) is 0 Å². The van der Waals surface area contributed by atoms with Crippen LogP contribution >= 0.6 is 0 Å². The third-order valence-electron chi connectivity index (χ3n) is 2.81. The molecule has 0 heterocycles. The SMILES string of the molecule is NOC(=O)c1cc2c(C(=O)O)cccc2cc1C(=O)O. The molecule has 2 rings (SSSR count). The van der Waals surface area contributed by atoms with Gasteiger partial charge in [-0.25, -0.2) is 14.4 Å². The van der Waals surface area contributed by atoms with Crippen LogP contribution in [-0.4, -0.2) is 28.1 Å². The van der Waals surface area contributed by atoms with Gasteiger partial charge in [0.1, 0.15) is 0 Å². The van der Waals surface area contributed by atoms with E-state index < -0.39 is 17.9 Å². The van der Waals surface area contributed by atoms with Gasteiger partial charge < -0.3 is 15.1 Å². The summed E-state index contributed by atoms with van der Waals surface area (Å²) < 4.78 is 0. The number of benzene rings is 2.